The Labute approximate surface area is 237 Å². The number of furan rings is 1. The standard InChI is InChI=1S/C37H25N3O/c1-3-12-25(13-4-1)35-38-36(26-14-5-2-6-15-26)40-37(39-35)31-19-10-20-32-34(31)30-22-21-27(23-33(30)41-32)29-18-9-16-24-11-7-8-17-28(24)29/h1-7,9-16,18-23H,8,17H2. The third-order valence-electron chi connectivity index (χ3n) is 7.82. The van der Waals surface area contributed by atoms with E-state index in [2.05, 4.69) is 54.6 Å². The second-order valence-electron chi connectivity index (χ2n) is 10.3. The summed E-state index contributed by atoms with van der Waals surface area (Å²) in [4.78, 5) is 14.8. The average molecular weight is 528 g/mol. The number of benzene rings is 5. The summed E-state index contributed by atoms with van der Waals surface area (Å²) in [6.45, 7) is 0. The van der Waals surface area contributed by atoms with Crippen LogP contribution in [0.3, 0.4) is 0 Å². The fourth-order valence-electron chi connectivity index (χ4n) is 5.86. The SMILES string of the molecule is C1=Cc2cccc(-c3ccc4c(c3)oc3cccc(-c5nc(-c6ccccc6)nc(-c6ccccc6)n5)c34)c2CC1. The van der Waals surface area contributed by atoms with Crippen molar-refractivity contribution in [1.82, 2.24) is 15.0 Å². The largest absolute Gasteiger partial charge is 0.456 e. The highest BCUT2D eigenvalue weighted by molar-refractivity contribution is 6.12. The molecule has 0 unspecified atom stereocenters. The van der Waals surface area contributed by atoms with Crippen LogP contribution in [0.25, 0.3) is 73.3 Å². The summed E-state index contributed by atoms with van der Waals surface area (Å²) in [5, 5.41) is 2.06. The van der Waals surface area contributed by atoms with Crippen LogP contribution in [-0.2, 0) is 6.42 Å². The van der Waals surface area contributed by atoms with Gasteiger partial charge in [-0.25, -0.2) is 15.0 Å². The Morgan fingerprint density at radius 2 is 1.22 bits per heavy atom. The smallest absolute Gasteiger partial charge is 0.164 e. The first-order chi connectivity index (χ1) is 20.3. The maximum Gasteiger partial charge on any atom is 0.164 e. The van der Waals surface area contributed by atoms with E-state index in [-0.39, 0.29) is 0 Å². The lowest BCUT2D eigenvalue weighted by Crippen LogP contribution is -2.00. The van der Waals surface area contributed by atoms with Crippen molar-refractivity contribution in [2.45, 2.75) is 12.8 Å². The molecule has 8 rings (SSSR count). The van der Waals surface area contributed by atoms with E-state index in [1.807, 2.05) is 72.8 Å². The molecule has 1 aliphatic rings. The first kappa shape index (κ1) is 23.5. The summed E-state index contributed by atoms with van der Waals surface area (Å²) in [6.07, 6.45) is 6.61. The van der Waals surface area contributed by atoms with Crippen LogP contribution in [0, 0.1) is 0 Å². The van der Waals surface area contributed by atoms with E-state index in [1.165, 1.54) is 22.3 Å². The normalized spacial score (nSPS) is 12.6. The maximum atomic E-state index is 6.47. The van der Waals surface area contributed by atoms with Gasteiger partial charge < -0.3 is 4.42 Å². The molecule has 0 bridgehead atoms. The van der Waals surface area contributed by atoms with Gasteiger partial charge in [-0.15, -0.1) is 0 Å². The Kier molecular flexibility index (Phi) is 5.56. The van der Waals surface area contributed by atoms with Crippen molar-refractivity contribution in [2.75, 3.05) is 0 Å². The van der Waals surface area contributed by atoms with Crippen LogP contribution in [0.5, 0.6) is 0 Å². The van der Waals surface area contributed by atoms with Gasteiger partial charge in [0.25, 0.3) is 0 Å². The van der Waals surface area contributed by atoms with E-state index in [4.69, 9.17) is 19.4 Å². The minimum atomic E-state index is 0.624. The monoisotopic (exact) mass is 527 g/mol. The van der Waals surface area contributed by atoms with Gasteiger partial charge in [-0.3, -0.25) is 0 Å². The first-order valence-electron chi connectivity index (χ1n) is 13.9. The Morgan fingerprint density at radius 1 is 0.537 bits per heavy atom. The van der Waals surface area contributed by atoms with Gasteiger partial charge in [-0.2, -0.15) is 0 Å². The summed E-state index contributed by atoms with van der Waals surface area (Å²) in [7, 11) is 0. The van der Waals surface area contributed by atoms with Gasteiger partial charge >= 0.3 is 0 Å². The number of hydrogen-bond donors (Lipinski definition) is 0. The zero-order chi connectivity index (χ0) is 27.2. The summed E-state index contributed by atoms with van der Waals surface area (Å²) in [5.74, 6) is 1.91. The molecule has 7 aromatic rings. The molecule has 41 heavy (non-hydrogen) atoms. The van der Waals surface area contributed by atoms with Crippen molar-refractivity contribution in [2.24, 2.45) is 0 Å². The fourth-order valence-corrected chi connectivity index (χ4v) is 5.86. The quantitative estimate of drug-likeness (QED) is 0.229. The van der Waals surface area contributed by atoms with Gasteiger partial charge in [0.05, 0.1) is 0 Å². The number of hydrogen-bond acceptors (Lipinski definition) is 4. The fraction of sp³-hybridized carbons (Fsp3) is 0.0541. The molecule has 4 nitrogen and oxygen atoms in total. The number of aromatic nitrogens is 3. The van der Waals surface area contributed by atoms with E-state index < -0.39 is 0 Å². The lowest BCUT2D eigenvalue weighted by Gasteiger charge is -2.15. The van der Waals surface area contributed by atoms with E-state index in [0.29, 0.717) is 17.5 Å². The zero-order valence-electron chi connectivity index (χ0n) is 22.3. The van der Waals surface area contributed by atoms with Crippen LogP contribution in [0.2, 0.25) is 0 Å². The summed E-state index contributed by atoms with van der Waals surface area (Å²) < 4.78 is 6.47. The topological polar surface area (TPSA) is 51.8 Å². The van der Waals surface area contributed by atoms with Gasteiger partial charge in [0.1, 0.15) is 11.2 Å². The third-order valence-corrected chi connectivity index (χ3v) is 7.82. The third kappa shape index (κ3) is 4.12. The summed E-state index contributed by atoms with van der Waals surface area (Å²) in [5.41, 5.74) is 9.64. The van der Waals surface area contributed by atoms with E-state index in [9.17, 15) is 0 Å². The van der Waals surface area contributed by atoms with Gasteiger partial charge in [0.2, 0.25) is 0 Å². The lowest BCUT2D eigenvalue weighted by molar-refractivity contribution is 0.669. The molecule has 0 radical (unpaired) electrons. The van der Waals surface area contributed by atoms with Crippen LogP contribution in [0.4, 0.5) is 0 Å². The predicted octanol–water partition coefficient (Wildman–Crippen LogP) is 9.40. The second-order valence-corrected chi connectivity index (χ2v) is 10.3. The molecule has 2 heterocycles. The van der Waals surface area contributed by atoms with Crippen LogP contribution < -0.4 is 0 Å². The number of nitrogens with zero attached hydrogens (tertiary/aromatic N) is 3. The van der Waals surface area contributed by atoms with Gasteiger partial charge in [-0.1, -0.05) is 109 Å². The Morgan fingerprint density at radius 3 is 1.98 bits per heavy atom. The number of fused-ring (bicyclic) bond motifs is 4. The van der Waals surface area contributed by atoms with Crippen LogP contribution in [0.1, 0.15) is 17.5 Å². The van der Waals surface area contributed by atoms with Gasteiger partial charge in [0, 0.05) is 27.5 Å². The molecule has 0 N–H and O–H groups in total. The van der Waals surface area contributed by atoms with Crippen LogP contribution >= 0.6 is 0 Å². The van der Waals surface area contributed by atoms with Crippen molar-refractivity contribution in [3.8, 4) is 45.3 Å². The highest BCUT2D eigenvalue weighted by atomic mass is 16.3. The Bertz CT molecular complexity index is 2040. The van der Waals surface area contributed by atoms with E-state index >= 15 is 0 Å². The van der Waals surface area contributed by atoms with Crippen molar-refractivity contribution < 1.29 is 4.42 Å². The second kappa shape index (κ2) is 9.68. The van der Waals surface area contributed by atoms with Gasteiger partial charge in [0.15, 0.2) is 17.5 Å². The molecule has 0 saturated heterocycles. The summed E-state index contributed by atoms with van der Waals surface area (Å²) >= 11 is 0. The zero-order valence-corrected chi connectivity index (χ0v) is 22.3. The predicted molar refractivity (Wildman–Crippen MR) is 166 cm³/mol. The molecule has 2 aromatic heterocycles. The minimum Gasteiger partial charge on any atom is -0.456 e. The molecule has 194 valence electrons. The number of rotatable bonds is 4. The summed E-state index contributed by atoms with van der Waals surface area (Å²) in [6, 6.07) is 39.3. The Hall–Kier alpha value is -5.35. The number of allylic oxidation sites excluding steroid dienone is 1. The van der Waals surface area contributed by atoms with Crippen molar-refractivity contribution >= 4 is 28.0 Å². The molecular formula is C37H25N3O. The molecule has 0 spiro atoms. The molecule has 0 atom stereocenters. The molecule has 0 amide bonds. The highest BCUT2D eigenvalue weighted by Crippen LogP contribution is 2.39. The molecule has 5 aromatic carbocycles. The molecule has 0 fully saturated rings. The van der Waals surface area contributed by atoms with Crippen molar-refractivity contribution in [1.29, 1.82) is 0 Å². The van der Waals surface area contributed by atoms with Crippen LogP contribution in [0.15, 0.2) is 126 Å². The highest BCUT2D eigenvalue weighted by Gasteiger charge is 2.19. The van der Waals surface area contributed by atoms with E-state index in [1.54, 1.807) is 0 Å². The van der Waals surface area contributed by atoms with Gasteiger partial charge in [-0.05, 0) is 53.3 Å². The molecule has 4 heteroatoms. The average Bonchev–Trinajstić information content (AvgIpc) is 3.43. The molecule has 1 aliphatic carbocycles. The first-order valence-corrected chi connectivity index (χ1v) is 13.9. The lowest BCUT2D eigenvalue weighted by atomic mass is 9.89. The van der Waals surface area contributed by atoms with E-state index in [0.717, 1.165) is 51.5 Å². The maximum absolute atomic E-state index is 6.47. The molecule has 0 aliphatic heterocycles. The van der Waals surface area contributed by atoms with Crippen molar-refractivity contribution in [3.05, 3.63) is 132 Å². The Balaban J connectivity index is 1.32. The molecule has 0 saturated carbocycles. The van der Waals surface area contributed by atoms with Crippen LogP contribution in [-0.4, -0.2) is 15.0 Å². The molecular weight excluding hydrogens is 502 g/mol. The van der Waals surface area contributed by atoms with Crippen molar-refractivity contribution in [3.63, 3.8) is 0 Å². The minimum absolute atomic E-state index is 0.624.